The molecule has 3 rings (SSSR count). The number of benzene rings is 1. The number of nitrogens with zero attached hydrogens (tertiary/aromatic N) is 1. The Morgan fingerprint density at radius 3 is 2.37 bits per heavy atom. The van der Waals surface area contributed by atoms with Gasteiger partial charge in [0.25, 0.3) is 0 Å². The van der Waals surface area contributed by atoms with Gasteiger partial charge in [0.1, 0.15) is 0 Å². The van der Waals surface area contributed by atoms with Crippen LogP contribution in [0.4, 0.5) is 5.69 Å². The Morgan fingerprint density at radius 1 is 1.16 bits per heavy atom. The monoisotopic (exact) mass is 259 g/mol. The van der Waals surface area contributed by atoms with Crippen molar-refractivity contribution in [3.05, 3.63) is 29.8 Å². The second-order valence-electron chi connectivity index (χ2n) is 6.17. The fourth-order valence-corrected chi connectivity index (χ4v) is 3.88. The molecule has 1 aliphatic carbocycles. The van der Waals surface area contributed by atoms with E-state index in [1.165, 1.54) is 17.7 Å². The fraction of sp³-hybridized carbons (Fsp3) is 0.562. The van der Waals surface area contributed by atoms with E-state index < -0.39 is 5.97 Å². The van der Waals surface area contributed by atoms with Gasteiger partial charge in [0.2, 0.25) is 0 Å². The van der Waals surface area contributed by atoms with Crippen molar-refractivity contribution in [3.63, 3.8) is 0 Å². The molecule has 3 heteroatoms. The van der Waals surface area contributed by atoms with Crippen molar-refractivity contribution in [2.24, 2.45) is 17.8 Å². The number of aliphatic carboxylic acids is 1. The third kappa shape index (κ3) is 2.46. The molecular weight excluding hydrogens is 238 g/mol. The molecule has 3 nitrogen and oxygen atoms in total. The molecule has 1 saturated carbocycles. The van der Waals surface area contributed by atoms with Crippen molar-refractivity contribution in [2.45, 2.75) is 26.2 Å². The third-order valence-electron chi connectivity index (χ3n) is 4.66. The molecule has 0 aromatic heterocycles. The number of carboxylic acids is 1. The lowest BCUT2D eigenvalue weighted by molar-refractivity contribution is -0.144. The molecule has 2 aliphatic rings. The van der Waals surface area contributed by atoms with E-state index in [0.29, 0.717) is 11.8 Å². The summed E-state index contributed by atoms with van der Waals surface area (Å²) in [7, 11) is 0. The SMILES string of the molecule is Cc1ccccc1N1CC2CC(CC(C(=O)O)C2)C1. The van der Waals surface area contributed by atoms with E-state index in [-0.39, 0.29) is 5.92 Å². The van der Waals surface area contributed by atoms with Crippen molar-refractivity contribution in [1.82, 2.24) is 0 Å². The quantitative estimate of drug-likeness (QED) is 0.887. The summed E-state index contributed by atoms with van der Waals surface area (Å²) in [5, 5.41) is 9.21. The number of carbonyl (C=O) groups is 1. The van der Waals surface area contributed by atoms with Crippen LogP contribution < -0.4 is 4.90 Å². The molecule has 2 fully saturated rings. The molecule has 1 heterocycles. The predicted octanol–water partition coefficient (Wildman–Crippen LogP) is 2.93. The van der Waals surface area contributed by atoms with Crippen molar-refractivity contribution < 1.29 is 9.90 Å². The number of piperidine rings is 1. The first kappa shape index (κ1) is 12.5. The van der Waals surface area contributed by atoms with Crippen LogP contribution in [0.1, 0.15) is 24.8 Å². The maximum atomic E-state index is 11.2. The Labute approximate surface area is 114 Å². The van der Waals surface area contributed by atoms with Crippen LogP contribution in [0.15, 0.2) is 24.3 Å². The van der Waals surface area contributed by atoms with Crippen molar-refractivity contribution >= 4 is 11.7 Å². The van der Waals surface area contributed by atoms with Crippen molar-refractivity contribution in [3.8, 4) is 0 Å². The van der Waals surface area contributed by atoms with Gasteiger partial charge in [0.15, 0.2) is 0 Å². The van der Waals surface area contributed by atoms with Crippen LogP contribution in [0.25, 0.3) is 0 Å². The second-order valence-corrected chi connectivity index (χ2v) is 6.17. The molecule has 0 amide bonds. The van der Waals surface area contributed by atoms with Gasteiger partial charge in [-0.3, -0.25) is 4.79 Å². The smallest absolute Gasteiger partial charge is 0.306 e. The van der Waals surface area contributed by atoms with Gasteiger partial charge in [-0.15, -0.1) is 0 Å². The highest BCUT2D eigenvalue weighted by Crippen LogP contribution is 2.39. The Bertz CT molecular complexity index is 471. The minimum absolute atomic E-state index is 0.109. The lowest BCUT2D eigenvalue weighted by atomic mass is 9.72. The maximum Gasteiger partial charge on any atom is 0.306 e. The van der Waals surface area contributed by atoms with E-state index in [1.54, 1.807) is 0 Å². The molecule has 2 atom stereocenters. The number of hydrogen-bond donors (Lipinski definition) is 1. The average molecular weight is 259 g/mol. The Kier molecular flexibility index (Phi) is 3.21. The zero-order valence-electron chi connectivity index (χ0n) is 11.4. The minimum Gasteiger partial charge on any atom is -0.481 e. The molecule has 102 valence electrons. The van der Waals surface area contributed by atoms with Crippen LogP contribution in [0.2, 0.25) is 0 Å². The zero-order chi connectivity index (χ0) is 13.4. The number of anilines is 1. The van der Waals surface area contributed by atoms with Crippen LogP contribution in [0.5, 0.6) is 0 Å². The Hall–Kier alpha value is -1.51. The standard InChI is InChI=1S/C16H21NO2/c1-11-4-2-3-5-15(11)17-9-12-6-13(10-17)8-14(7-12)16(18)19/h2-5,12-14H,6-10H2,1H3,(H,18,19). The van der Waals surface area contributed by atoms with Gasteiger partial charge in [0.05, 0.1) is 5.92 Å². The number of fused-ring (bicyclic) bond motifs is 2. The molecular formula is C16H21NO2. The van der Waals surface area contributed by atoms with Crippen LogP contribution in [0, 0.1) is 24.7 Å². The second kappa shape index (κ2) is 4.87. The third-order valence-corrected chi connectivity index (χ3v) is 4.66. The number of aryl methyl sites for hydroxylation is 1. The van der Waals surface area contributed by atoms with E-state index in [2.05, 4.69) is 36.1 Å². The summed E-state index contributed by atoms with van der Waals surface area (Å²) < 4.78 is 0. The Morgan fingerprint density at radius 2 is 1.79 bits per heavy atom. The molecule has 1 saturated heterocycles. The molecule has 0 spiro atoms. The lowest BCUT2D eigenvalue weighted by Gasteiger charge is -2.44. The molecule has 0 radical (unpaired) electrons. The largest absolute Gasteiger partial charge is 0.481 e. The van der Waals surface area contributed by atoms with Gasteiger partial charge >= 0.3 is 5.97 Å². The highest BCUT2D eigenvalue weighted by atomic mass is 16.4. The first-order chi connectivity index (χ1) is 9.13. The molecule has 1 N–H and O–H groups in total. The number of hydrogen-bond acceptors (Lipinski definition) is 2. The number of para-hydroxylation sites is 1. The summed E-state index contributed by atoms with van der Waals surface area (Å²) in [6.07, 6.45) is 2.93. The molecule has 1 aromatic rings. The topological polar surface area (TPSA) is 40.5 Å². The highest BCUT2D eigenvalue weighted by molar-refractivity contribution is 5.70. The van der Waals surface area contributed by atoms with Gasteiger partial charge in [-0.2, -0.15) is 0 Å². The van der Waals surface area contributed by atoms with Gasteiger partial charge in [0, 0.05) is 18.8 Å². The van der Waals surface area contributed by atoms with E-state index in [9.17, 15) is 9.90 Å². The van der Waals surface area contributed by atoms with Crippen molar-refractivity contribution in [1.29, 1.82) is 0 Å². The minimum atomic E-state index is -0.598. The predicted molar refractivity (Wildman–Crippen MR) is 75.3 cm³/mol. The molecule has 2 unspecified atom stereocenters. The van der Waals surface area contributed by atoms with Crippen LogP contribution in [-0.2, 0) is 4.79 Å². The van der Waals surface area contributed by atoms with Crippen LogP contribution in [-0.4, -0.2) is 24.2 Å². The molecule has 2 bridgehead atoms. The lowest BCUT2D eigenvalue weighted by Crippen LogP contribution is -2.46. The van der Waals surface area contributed by atoms with Gasteiger partial charge < -0.3 is 10.0 Å². The Balaban J connectivity index is 1.77. The molecule has 1 aromatic carbocycles. The zero-order valence-corrected chi connectivity index (χ0v) is 11.4. The summed E-state index contributed by atoms with van der Waals surface area (Å²) in [5.41, 5.74) is 2.64. The fourth-order valence-electron chi connectivity index (χ4n) is 3.88. The highest BCUT2D eigenvalue weighted by Gasteiger charge is 2.38. The average Bonchev–Trinajstić information content (AvgIpc) is 2.38. The van der Waals surface area contributed by atoms with E-state index >= 15 is 0 Å². The summed E-state index contributed by atoms with van der Waals surface area (Å²) in [4.78, 5) is 13.6. The van der Waals surface area contributed by atoms with E-state index in [4.69, 9.17) is 0 Å². The van der Waals surface area contributed by atoms with Gasteiger partial charge in [-0.1, -0.05) is 18.2 Å². The van der Waals surface area contributed by atoms with Crippen LogP contribution in [0.3, 0.4) is 0 Å². The maximum absolute atomic E-state index is 11.2. The van der Waals surface area contributed by atoms with Gasteiger partial charge in [-0.05, 0) is 49.7 Å². The summed E-state index contributed by atoms with van der Waals surface area (Å²) in [5.74, 6) is 0.392. The normalized spacial score (nSPS) is 30.2. The summed E-state index contributed by atoms with van der Waals surface area (Å²) in [6.45, 7) is 4.19. The van der Waals surface area contributed by atoms with Crippen molar-refractivity contribution in [2.75, 3.05) is 18.0 Å². The van der Waals surface area contributed by atoms with E-state index in [0.717, 1.165) is 25.9 Å². The van der Waals surface area contributed by atoms with Crippen LogP contribution >= 0.6 is 0 Å². The van der Waals surface area contributed by atoms with Gasteiger partial charge in [-0.25, -0.2) is 0 Å². The summed E-state index contributed by atoms with van der Waals surface area (Å²) in [6, 6.07) is 8.50. The molecule has 19 heavy (non-hydrogen) atoms. The number of carboxylic acid groups (broad SMARTS) is 1. The summed E-state index contributed by atoms with van der Waals surface area (Å²) >= 11 is 0. The first-order valence-corrected chi connectivity index (χ1v) is 7.17. The van der Waals surface area contributed by atoms with E-state index in [1.807, 2.05) is 0 Å². The first-order valence-electron chi connectivity index (χ1n) is 7.17. The number of rotatable bonds is 2. The molecule has 1 aliphatic heterocycles.